The Hall–Kier alpha value is -2.62. The van der Waals surface area contributed by atoms with Gasteiger partial charge >= 0.3 is 0 Å². The molecule has 4 rings (SSSR count). The lowest BCUT2D eigenvalue weighted by Gasteiger charge is -2.27. The zero-order chi connectivity index (χ0) is 20.9. The third kappa shape index (κ3) is 4.92. The number of hydrogen-bond acceptors (Lipinski definition) is 7. The van der Waals surface area contributed by atoms with Crippen molar-refractivity contribution in [1.29, 1.82) is 0 Å². The molecule has 1 amide bonds. The Balaban J connectivity index is 1.34. The zero-order valence-electron chi connectivity index (χ0n) is 16.4. The molecule has 1 fully saturated rings. The minimum atomic E-state index is -0.141. The van der Waals surface area contributed by atoms with Gasteiger partial charge in [-0.15, -0.1) is 10.2 Å². The van der Waals surface area contributed by atoms with Crippen molar-refractivity contribution in [3.05, 3.63) is 53.4 Å². The van der Waals surface area contributed by atoms with E-state index in [2.05, 4.69) is 25.4 Å². The molecule has 156 valence electrons. The Morgan fingerprint density at radius 1 is 1.27 bits per heavy atom. The summed E-state index contributed by atoms with van der Waals surface area (Å²) in [7, 11) is 0. The van der Waals surface area contributed by atoms with Crippen LogP contribution < -0.4 is 10.2 Å². The van der Waals surface area contributed by atoms with Gasteiger partial charge in [0.2, 0.25) is 5.91 Å². The lowest BCUT2D eigenvalue weighted by atomic mass is 10.2. The van der Waals surface area contributed by atoms with E-state index in [1.807, 2.05) is 41.8 Å². The molecule has 2 aromatic heterocycles. The molecule has 30 heavy (non-hydrogen) atoms. The molecule has 1 saturated heterocycles. The van der Waals surface area contributed by atoms with E-state index in [4.69, 9.17) is 16.3 Å². The number of hydrogen-bond donors (Lipinski definition) is 1. The fourth-order valence-electron chi connectivity index (χ4n) is 3.00. The Morgan fingerprint density at radius 2 is 2.10 bits per heavy atom. The van der Waals surface area contributed by atoms with Crippen LogP contribution in [-0.2, 0) is 9.53 Å². The molecule has 1 aromatic carbocycles. The highest BCUT2D eigenvalue weighted by Gasteiger charge is 2.14. The molecule has 3 aromatic rings. The van der Waals surface area contributed by atoms with Crippen LogP contribution in [0.15, 0.2) is 48.0 Å². The smallest absolute Gasteiger partial charge is 0.234 e. The summed E-state index contributed by atoms with van der Waals surface area (Å²) in [6.45, 7) is 5.00. The van der Waals surface area contributed by atoms with Gasteiger partial charge in [-0.05, 0) is 36.8 Å². The lowest BCUT2D eigenvalue weighted by molar-refractivity contribution is -0.113. The predicted molar refractivity (Wildman–Crippen MR) is 118 cm³/mol. The maximum absolute atomic E-state index is 12.4. The zero-order valence-corrected chi connectivity index (χ0v) is 18.0. The van der Waals surface area contributed by atoms with Crippen LogP contribution >= 0.6 is 23.4 Å². The average molecular weight is 445 g/mol. The fraction of sp³-hybridized carbons (Fsp3) is 0.300. The van der Waals surface area contributed by atoms with Crippen LogP contribution in [0.5, 0.6) is 0 Å². The number of amides is 1. The molecule has 8 nitrogen and oxygen atoms in total. The van der Waals surface area contributed by atoms with Crippen LogP contribution in [0.4, 0.5) is 11.5 Å². The number of rotatable bonds is 6. The van der Waals surface area contributed by atoms with E-state index in [0.29, 0.717) is 29.1 Å². The summed E-state index contributed by atoms with van der Waals surface area (Å²) < 4.78 is 7.16. The van der Waals surface area contributed by atoms with Crippen molar-refractivity contribution in [3.63, 3.8) is 0 Å². The number of thioether (sulfide) groups is 1. The first-order valence-electron chi connectivity index (χ1n) is 9.48. The van der Waals surface area contributed by atoms with Gasteiger partial charge in [-0.3, -0.25) is 9.36 Å². The van der Waals surface area contributed by atoms with Gasteiger partial charge in [-0.1, -0.05) is 29.4 Å². The van der Waals surface area contributed by atoms with Gasteiger partial charge < -0.3 is 15.0 Å². The minimum Gasteiger partial charge on any atom is -0.378 e. The number of nitrogens with one attached hydrogen (secondary N) is 1. The first-order chi connectivity index (χ1) is 14.6. The number of halogens is 1. The number of nitrogens with zero attached hydrogens (tertiary/aromatic N) is 5. The second-order valence-corrected chi connectivity index (χ2v) is 8.11. The highest BCUT2D eigenvalue weighted by Crippen LogP contribution is 2.24. The van der Waals surface area contributed by atoms with Crippen molar-refractivity contribution in [2.45, 2.75) is 12.1 Å². The summed E-state index contributed by atoms with van der Waals surface area (Å²) in [6, 6.07) is 9.50. The van der Waals surface area contributed by atoms with E-state index in [-0.39, 0.29) is 11.7 Å². The largest absolute Gasteiger partial charge is 0.378 e. The van der Waals surface area contributed by atoms with Crippen LogP contribution in [0, 0.1) is 6.92 Å². The van der Waals surface area contributed by atoms with Crippen molar-refractivity contribution >= 4 is 40.8 Å². The molecule has 0 bridgehead atoms. The third-order valence-electron chi connectivity index (χ3n) is 4.65. The van der Waals surface area contributed by atoms with Crippen LogP contribution in [0.3, 0.4) is 0 Å². The van der Waals surface area contributed by atoms with Gasteiger partial charge in [0.05, 0.1) is 36.5 Å². The molecule has 1 aliphatic rings. The molecule has 0 aliphatic carbocycles. The van der Waals surface area contributed by atoms with E-state index in [1.54, 1.807) is 12.5 Å². The normalized spacial score (nSPS) is 14.0. The van der Waals surface area contributed by atoms with Gasteiger partial charge in [-0.25, -0.2) is 4.98 Å². The van der Waals surface area contributed by atoms with E-state index >= 15 is 0 Å². The Morgan fingerprint density at radius 3 is 2.83 bits per heavy atom. The number of ether oxygens (including phenoxy) is 1. The number of aromatic nitrogens is 4. The summed E-state index contributed by atoms with van der Waals surface area (Å²) in [4.78, 5) is 19.0. The quantitative estimate of drug-likeness (QED) is 0.584. The molecule has 1 N–H and O–H groups in total. The SMILES string of the molecule is Cc1ccc(-n2cnnc2SCC(=O)Nc2ccc(N3CCOCC3)nc2)cc1Cl. The highest BCUT2D eigenvalue weighted by molar-refractivity contribution is 7.99. The Bertz CT molecular complexity index is 1020. The number of carbonyl (C=O) groups excluding carboxylic acids is 1. The van der Waals surface area contributed by atoms with E-state index in [0.717, 1.165) is 30.2 Å². The van der Waals surface area contributed by atoms with Gasteiger partial charge in [0.25, 0.3) is 0 Å². The first kappa shape index (κ1) is 20.6. The molecule has 0 radical (unpaired) electrons. The van der Waals surface area contributed by atoms with E-state index < -0.39 is 0 Å². The Labute approximate surface area is 183 Å². The van der Waals surface area contributed by atoms with Gasteiger partial charge in [0.15, 0.2) is 5.16 Å². The van der Waals surface area contributed by atoms with Crippen molar-refractivity contribution in [1.82, 2.24) is 19.7 Å². The second-order valence-electron chi connectivity index (χ2n) is 6.76. The van der Waals surface area contributed by atoms with Gasteiger partial charge in [0.1, 0.15) is 12.1 Å². The van der Waals surface area contributed by atoms with Crippen molar-refractivity contribution < 1.29 is 9.53 Å². The molecule has 0 atom stereocenters. The number of carbonyl (C=O) groups is 1. The molecule has 0 unspecified atom stereocenters. The van der Waals surface area contributed by atoms with Crippen LogP contribution in [0.25, 0.3) is 5.69 Å². The van der Waals surface area contributed by atoms with Crippen LogP contribution in [-0.4, -0.2) is 57.7 Å². The van der Waals surface area contributed by atoms with Crippen molar-refractivity contribution in [2.24, 2.45) is 0 Å². The lowest BCUT2D eigenvalue weighted by Crippen LogP contribution is -2.36. The predicted octanol–water partition coefficient (Wildman–Crippen LogP) is 3.19. The van der Waals surface area contributed by atoms with Crippen molar-refractivity contribution in [3.8, 4) is 5.69 Å². The van der Waals surface area contributed by atoms with Crippen LogP contribution in [0.2, 0.25) is 5.02 Å². The third-order valence-corrected chi connectivity index (χ3v) is 6.00. The minimum absolute atomic E-state index is 0.141. The molecule has 0 saturated carbocycles. The monoisotopic (exact) mass is 444 g/mol. The van der Waals surface area contributed by atoms with E-state index in [1.165, 1.54) is 11.8 Å². The maximum Gasteiger partial charge on any atom is 0.234 e. The number of benzene rings is 1. The molecule has 0 spiro atoms. The molecular weight excluding hydrogens is 424 g/mol. The maximum atomic E-state index is 12.4. The van der Waals surface area contributed by atoms with Crippen molar-refractivity contribution in [2.75, 3.05) is 42.3 Å². The molecule has 3 heterocycles. The summed E-state index contributed by atoms with van der Waals surface area (Å²) in [5, 5.41) is 12.2. The van der Waals surface area contributed by atoms with Crippen LogP contribution in [0.1, 0.15) is 5.56 Å². The summed E-state index contributed by atoms with van der Waals surface area (Å²) in [6.07, 6.45) is 3.28. The molecule has 10 heteroatoms. The highest BCUT2D eigenvalue weighted by atomic mass is 35.5. The average Bonchev–Trinajstić information content (AvgIpc) is 3.24. The summed E-state index contributed by atoms with van der Waals surface area (Å²) in [5.41, 5.74) is 2.50. The van der Waals surface area contributed by atoms with E-state index in [9.17, 15) is 4.79 Å². The molecule has 1 aliphatic heterocycles. The summed E-state index contributed by atoms with van der Waals surface area (Å²) in [5.74, 6) is 0.941. The number of morpholine rings is 1. The number of anilines is 2. The standard InChI is InChI=1S/C20H21ClN6O2S/c1-14-2-4-16(10-17(14)21)27-13-23-25-20(27)30-12-19(28)24-15-3-5-18(22-11-15)26-6-8-29-9-7-26/h2-5,10-11,13H,6-9,12H2,1H3,(H,24,28). The summed E-state index contributed by atoms with van der Waals surface area (Å²) >= 11 is 7.52. The Kier molecular flexibility index (Phi) is 6.51. The van der Waals surface area contributed by atoms with Gasteiger partial charge in [-0.2, -0.15) is 0 Å². The topological polar surface area (TPSA) is 85.2 Å². The first-order valence-corrected chi connectivity index (χ1v) is 10.8. The van der Waals surface area contributed by atoms with Gasteiger partial charge in [0, 0.05) is 18.1 Å². The fourth-order valence-corrected chi connectivity index (χ4v) is 3.90. The number of pyridine rings is 1. The second kappa shape index (κ2) is 9.46. The number of aryl methyl sites for hydroxylation is 1. The molecular formula is C20H21ClN6O2S.